The summed E-state index contributed by atoms with van der Waals surface area (Å²) in [4.78, 5) is 11.7. The van der Waals surface area contributed by atoms with E-state index in [1.165, 1.54) is 0 Å². The molecule has 2 aromatic rings. The van der Waals surface area contributed by atoms with Crippen LogP contribution in [-0.4, -0.2) is 11.1 Å². The summed E-state index contributed by atoms with van der Waals surface area (Å²) in [6, 6.07) is 11.1. The van der Waals surface area contributed by atoms with Gasteiger partial charge >= 0.3 is 5.97 Å². The van der Waals surface area contributed by atoms with Crippen LogP contribution >= 0.6 is 23.2 Å². The second kappa shape index (κ2) is 6.50. The topological polar surface area (TPSA) is 37.3 Å². The Hall–Kier alpha value is -1.51. The highest BCUT2D eigenvalue weighted by Gasteiger charge is 2.23. The fourth-order valence-corrected chi connectivity index (χ4v) is 2.79. The molecular formula is C17H16Cl2O2. The van der Waals surface area contributed by atoms with Crippen molar-refractivity contribution in [2.45, 2.75) is 26.2 Å². The van der Waals surface area contributed by atoms with Crippen molar-refractivity contribution in [2.75, 3.05) is 0 Å². The molecule has 0 aromatic heterocycles. The Labute approximate surface area is 134 Å². The molecule has 1 atom stereocenters. The Morgan fingerprint density at radius 2 is 1.90 bits per heavy atom. The number of halogens is 2. The van der Waals surface area contributed by atoms with E-state index in [0.29, 0.717) is 16.5 Å². The summed E-state index contributed by atoms with van der Waals surface area (Å²) in [5, 5.41) is 10.5. The summed E-state index contributed by atoms with van der Waals surface area (Å²) in [5.41, 5.74) is 3.57. The molecule has 1 unspecified atom stereocenters. The Balaban J connectivity index is 2.43. The van der Waals surface area contributed by atoms with Gasteiger partial charge < -0.3 is 5.11 Å². The van der Waals surface area contributed by atoms with E-state index < -0.39 is 11.9 Å². The summed E-state index contributed by atoms with van der Waals surface area (Å²) in [6.45, 7) is 3.87. The number of aryl methyl sites for hydroxylation is 2. The van der Waals surface area contributed by atoms with E-state index in [1.54, 1.807) is 12.1 Å². The lowest BCUT2D eigenvalue weighted by molar-refractivity contribution is -0.138. The number of hydrogen-bond donors (Lipinski definition) is 1. The molecule has 2 nitrogen and oxygen atoms in total. The van der Waals surface area contributed by atoms with Gasteiger partial charge in [0.15, 0.2) is 0 Å². The van der Waals surface area contributed by atoms with Crippen molar-refractivity contribution in [3.8, 4) is 0 Å². The molecule has 0 aliphatic rings. The maximum absolute atomic E-state index is 11.7. The summed E-state index contributed by atoms with van der Waals surface area (Å²) >= 11 is 12.2. The predicted molar refractivity (Wildman–Crippen MR) is 86.5 cm³/mol. The van der Waals surface area contributed by atoms with Crippen LogP contribution in [0.25, 0.3) is 0 Å². The molecule has 0 fully saturated rings. The molecule has 0 saturated carbocycles. The van der Waals surface area contributed by atoms with Crippen LogP contribution in [0.1, 0.15) is 28.2 Å². The van der Waals surface area contributed by atoms with E-state index in [1.807, 2.05) is 38.1 Å². The number of benzene rings is 2. The van der Waals surface area contributed by atoms with Gasteiger partial charge in [0.1, 0.15) is 0 Å². The van der Waals surface area contributed by atoms with Crippen LogP contribution in [0, 0.1) is 13.8 Å². The molecule has 21 heavy (non-hydrogen) atoms. The van der Waals surface area contributed by atoms with E-state index in [2.05, 4.69) is 0 Å². The maximum atomic E-state index is 11.7. The van der Waals surface area contributed by atoms with Gasteiger partial charge in [-0.1, -0.05) is 59.1 Å². The first-order chi connectivity index (χ1) is 9.90. The molecule has 0 amide bonds. The number of carboxylic acids is 1. The molecule has 0 radical (unpaired) electrons. The lowest BCUT2D eigenvalue weighted by atomic mass is 9.88. The standard InChI is InChI=1S/C17H16Cl2O2/c1-10-6-7-11(2)13(8-10)14(17(20)21)9-12-4-3-5-15(18)16(12)19/h3-8,14H,9H2,1-2H3,(H,20,21). The maximum Gasteiger partial charge on any atom is 0.311 e. The molecule has 0 aliphatic heterocycles. The Morgan fingerprint density at radius 1 is 1.19 bits per heavy atom. The molecular weight excluding hydrogens is 307 g/mol. The van der Waals surface area contributed by atoms with Crippen molar-refractivity contribution in [3.63, 3.8) is 0 Å². The number of carboxylic acid groups (broad SMARTS) is 1. The van der Waals surface area contributed by atoms with Crippen LogP contribution in [-0.2, 0) is 11.2 Å². The monoisotopic (exact) mass is 322 g/mol. The summed E-state index contributed by atoms with van der Waals surface area (Å²) in [7, 11) is 0. The van der Waals surface area contributed by atoms with Crippen LogP contribution in [0.4, 0.5) is 0 Å². The van der Waals surface area contributed by atoms with Crippen LogP contribution in [0.3, 0.4) is 0 Å². The molecule has 0 heterocycles. The van der Waals surface area contributed by atoms with Gasteiger partial charge in [-0.05, 0) is 43.0 Å². The van der Waals surface area contributed by atoms with E-state index in [0.717, 1.165) is 22.3 Å². The zero-order chi connectivity index (χ0) is 15.6. The molecule has 0 aliphatic carbocycles. The van der Waals surface area contributed by atoms with Crippen molar-refractivity contribution >= 4 is 29.2 Å². The lowest BCUT2D eigenvalue weighted by Gasteiger charge is -2.17. The first kappa shape index (κ1) is 15.9. The quantitative estimate of drug-likeness (QED) is 0.857. The van der Waals surface area contributed by atoms with Crippen molar-refractivity contribution in [1.29, 1.82) is 0 Å². The van der Waals surface area contributed by atoms with Gasteiger partial charge in [-0.15, -0.1) is 0 Å². The third-order valence-electron chi connectivity index (χ3n) is 3.56. The van der Waals surface area contributed by atoms with Gasteiger partial charge in [0, 0.05) is 0 Å². The normalized spacial score (nSPS) is 12.2. The van der Waals surface area contributed by atoms with Gasteiger partial charge in [0.05, 0.1) is 16.0 Å². The average molecular weight is 323 g/mol. The molecule has 2 aromatic carbocycles. The smallest absolute Gasteiger partial charge is 0.311 e. The average Bonchev–Trinajstić information content (AvgIpc) is 2.43. The highest BCUT2D eigenvalue weighted by atomic mass is 35.5. The van der Waals surface area contributed by atoms with Crippen molar-refractivity contribution < 1.29 is 9.90 Å². The number of hydrogen-bond acceptors (Lipinski definition) is 1. The number of rotatable bonds is 4. The minimum Gasteiger partial charge on any atom is -0.481 e. The minimum absolute atomic E-state index is 0.318. The van der Waals surface area contributed by atoms with E-state index in [9.17, 15) is 9.90 Å². The van der Waals surface area contributed by atoms with Crippen LogP contribution in [0.15, 0.2) is 36.4 Å². The van der Waals surface area contributed by atoms with E-state index >= 15 is 0 Å². The molecule has 0 bridgehead atoms. The van der Waals surface area contributed by atoms with Crippen LogP contribution in [0.2, 0.25) is 10.0 Å². The fourth-order valence-electron chi connectivity index (χ4n) is 2.39. The van der Waals surface area contributed by atoms with Crippen LogP contribution < -0.4 is 0 Å². The SMILES string of the molecule is Cc1ccc(C)c(C(Cc2cccc(Cl)c2Cl)C(=O)O)c1. The molecule has 1 N–H and O–H groups in total. The Kier molecular flexibility index (Phi) is 4.92. The zero-order valence-electron chi connectivity index (χ0n) is 11.9. The van der Waals surface area contributed by atoms with Crippen molar-refractivity contribution in [2.24, 2.45) is 0 Å². The second-order valence-corrected chi connectivity index (χ2v) is 5.95. The van der Waals surface area contributed by atoms with E-state index in [-0.39, 0.29) is 0 Å². The second-order valence-electron chi connectivity index (χ2n) is 5.17. The highest BCUT2D eigenvalue weighted by molar-refractivity contribution is 6.42. The zero-order valence-corrected chi connectivity index (χ0v) is 13.4. The van der Waals surface area contributed by atoms with E-state index in [4.69, 9.17) is 23.2 Å². The summed E-state index contributed by atoms with van der Waals surface area (Å²) in [5.74, 6) is -1.50. The fraction of sp³-hybridized carbons (Fsp3) is 0.235. The van der Waals surface area contributed by atoms with Gasteiger partial charge in [-0.25, -0.2) is 0 Å². The Morgan fingerprint density at radius 3 is 2.57 bits per heavy atom. The Bertz CT molecular complexity index is 680. The highest BCUT2D eigenvalue weighted by Crippen LogP contribution is 2.31. The first-order valence-corrected chi connectivity index (χ1v) is 7.38. The molecule has 110 valence electrons. The number of carbonyl (C=O) groups is 1. The predicted octanol–water partition coefficient (Wildman–Crippen LogP) is 5.02. The van der Waals surface area contributed by atoms with Crippen molar-refractivity contribution in [1.82, 2.24) is 0 Å². The molecule has 0 spiro atoms. The molecule has 0 saturated heterocycles. The third-order valence-corrected chi connectivity index (χ3v) is 4.42. The summed E-state index contributed by atoms with van der Waals surface area (Å²) < 4.78 is 0. The summed E-state index contributed by atoms with van der Waals surface area (Å²) in [6.07, 6.45) is 0.318. The number of aliphatic carboxylic acids is 1. The van der Waals surface area contributed by atoms with Gasteiger partial charge in [-0.2, -0.15) is 0 Å². The molecule has 2 rings (SSSR count). The lowest BCUT2D eigenvalue weighted by Crippen LogP contribution is -2.16. The third kappa shape index (κ3) is 3.58. The molecule has 4 heteroatoms. The largest absolute Gasteiger partial charge is 0.481 e. The first-order valence-electron chi connectivity index (χ1n) is 6.63. The van der Waals surface area contributed by atoms with Gasteiger partial charge in [0.25, 0.3) is 0 Å². The minimum atomic E-state index is -0.861. The van der Waals surface area contributed by atoms with Gasteiger partial charge in [-0.3, -0.25) is 4.79 Å². The van der Waals surface area contributed by atoms with Crippen LogP contribution in [0.5, 0.6) is 0 Å². The van der Waals surface area contributed by atoms with Gasteiger partial charge in [0.2, 0.25) is 0 Å². The van der Waals surface area contributed by atoms with Crippen molar-refractivity contribution in [3.05, 3.63) is 68.7 Å².